The molecule has 22 heavy (non-hydrogen) atoms. The Morgan fingerprint density at radius 3 is 2.45 bits per heavy atom. The van der Waals surface area contributed by atoms with Crippen LogP contribution >= 0.6 is 0 Å². The lowest BCUT2D eigenvalue weighted by Gasteiger charge is -2.42. The zero-order chi connectivity index (χ0) is 15.4. The number of nitrogens with zero attached hydrogens (tertiary/aromatic N) is 2. The van der Waals surface area contributed by atoms with Crippen LogP contribution in [0, 0.1) is 5.92 Å². The largest absolute Gasteiger partial charge is 0.342 e. The first kappa shape index (κ1) is 15.5. The molecule has 2 aliphatic rings. The summed E-state index contributed by atoms with van der Waals surface area (Å²) in [5.74, 6) is 1.08. The van der Waals surface area contributed by atoms with Crippen molar-refractivity contribution in [2.75, 3.05) is 26.7 Å². The number of carbonyl (C=O) groups excluding carboxylic acids is 1. The van der Waals surface area contributed by atoms with Crippen molar-refractivity contribution < 1.29 is 4.79 Å². The minimum absolute atomic E-state index is 0.293. The highest BCUT2D eigenvalue weighted by molar-refractivity contribution is 5.78. The maximum absolute atomic E-state index is 12.4. The molecule has 0 aromatic heterocycles. The second kappa shape index (κ2) is 7.28. The van der Waals surface area contributed by atoms with Crippen LogP contribution in [0.4, 0.5) is 0 Å². The molecule has 0 saturated carbocycles. The van der Waals surface area contributed by atoms with Gasteiger partial charge in [-0.25, -0.2) is 0 Å². The Morgan fingerprint density at radius 1 is 1.05 bits per heavy atom. The Labute approximate surface area is 134 Å². The first-order valence-electron chi connectivity index (χ1n) is 8.76. The molecule has 1 aromatic carbocycles. The summed E-state index contributed by atoms with van der Waals surface area (Å²) in [5, 5.41) is 0. The van der Waals surface area contributed by atoms with Crippen molar-refractivity contribution in [2.24, 2.45) is 5.92 Å². The summed E-state index contributed by atoms with van der Waals surface area (Å²) in [4.78, 5) is 17.1. The Balaban J connectivity index is 1.50. The van der Waals surface area contributed by atoms with Crippen molar-refractivity contribution in [3.63, 3.8) is 0 Å². The number of carbonyl (C=O) groups is 1. The first-order valence-corrected chi connectivity index (χ1v) is 8.76. The van der Waals surface area contributed by atoms with Gasteiger partial charge in [0, 0.05) is 19.1 Å². The molecule has 2 heterocycles. The van der Waals surface area contributed by atoms with Gasteiger partial charge in [-0.1, -0.05) is 36.8 Å². The third-order valence-corrected chi connectivity index (χ3v) is 5.46. The predicted octanol–water partition coefficient (Wildman–Crippen LogP) is 2.95. The van der Waals surface area contributed by atoms with Crippen LogP contribution in [0.1, 0.15) is 37.7 Å². The van der Waals surface area contributed by atoms with Gasteiger partial charge < -0.3 is 9.80 Å². The van der Waals surface area contributed by atoms with Crippen molar-refractivity contribution in [3.8, 4) is 0 Å². The summed E-state index contributed by atoms with van der Waals surface area (Å²) in [7, 11) is 2.27. The minimum Gasteiger partial charge on any atom is -0.342 e. The van der Waals surface area contributed by atoms with Crippen molar-refractivity contribution in [1.82, 2.24) is 9.80 Å². The monoisotopic (exact) mass is 300 g/mol. The normalized spacial score (nSPS) is 24.4. The molecule has 0 spiro atoms. The predicted molar refractivity (Wildman–Crippen MR) is 89.7 cm³/mol. The Kier molecular flexibility index (Phi) is 5.14. The smallest absolute Gasteiger partial charge is 0.226 e. The Bertz CT molecular complexity index is 479. The van der Waals surface area contributed by atoms with E-state index in [-0.39, 0.29) is 0 Å². The fourth-order valence-corrected chi connectivity index (χ4v) is 4.11. The SMILES string of the molecule is CN1CCCC[C@H]1C1CCN(C(=O)Cc2ccccc2)CC1. The van der Waals surface area contributed by atoms with Gasteiger partial charge in [-0.3, -0.25) is 4.79 Å². The number of rotatable bonds is 3. The van der Waals surface area contributed by atoms with Gasteiger partial charge in [0.2, 0.25) is 5.91 Å². The van der Waals surface area contributed by atoms with Crippen molar-refractivity contribution >= 4 is 5.91 Å². The molecule has 120 valence electrons. The molecule has 2 fully saturated rings. The standard InChI is InChI=1S/C19H28N2O/c1-20-12-6-5-9-18(20)17-10-13-21(14-11-17)19(22)15-16-7-3-2-4-8-16/h2-4,7-8,17-18H,5-6,9-15H2,1H3/t18-/m0/s1. The lowest BCUT2D eigenvalue weighted by molar-refractivity contribution is -0.132. The van der Waals surface area contributed by atoms with Crippen LogP contribution in [0.2, 0.25) is 0 Å². The van der Waals surface area contributed by atoms with E-state index < -0.39 is 0 Å². The van der Waals surface area contributed by atoms with Crippen LogP contribution in [-0.4, -0.2) is 48.4 Å². The van der Waals surface area contributed by atoms with E-state index >= 15 is 0 Å². The van der Waals surface area contributed by atoms with Gasteiger partial charge in [0.1, 0.15) is 0 Å². The Hall–Kier alpha value is -1.35. The van der Waals surface area contributed by atoms with Crippen LogP contribution in [0.25, 0.3) is 0 Å². The molecule has 1 aromatic rings. The summed E-state index contributed by atoms with van der Waals surface area (Å²) < 4.78 is 0. The molecule has 0 N–H and O–H groups in total. The number of hydrogen-bond acceptors (Lipinski definition) is 2. The summed E-state index contributed by atoms with van der Waals surface area (Å²) in [6.07, 6.45) is 6.97. The molecule has 3 rings (SSSR count). The molecular formula is C19H28N2O. The van der Waals surface area contributed by atoms with E-state index in [2.05, 4.69) is 16.8 Å². The topological polar surface area (TPSA) is 23.6 Å². The molecule has 0 bridgehead atoms. The van der Waals surface area contributed by atoms with Crippen LogP contribution in [0.3, 0.4) is 0 Å². The summed E-state index contributed by atoms with van der Waals surface area (Å²) in [6.45, 7) is 3.14. The van der Waals surface area contributed by atoms with Gasteiger partial charge >= 0.3 is 0 Å². The average molecular weight is 300 g/mol. The molecule has 3 nitrogen and oxygen atoms in total. The van der Waals surface area contributed by atoms with E-state index in [4.69, 9.17) is 0 Å². The average Bonchev–Trinajstić information content (AvgIpc) is 2.56. The van der Waals surface area contributed by atoms with Crippen LogP contribution in [0.15, 0.2) is 30.3 Å². The summed E-state index contributed by atoms with van der Waals surface area (Å²) in [5.41, 5.74) is 1.13. The first-order chi connectivity index (χ1) is 10.7. The fourth-order valence-electron chi connectivity index (χ4n) is 4.11. The molecule has 3 heteroatoms. The third kappa shape index (κ3) is 3.70. The zero-order valence-corrected chi connectivity index (χ0v) is 13.7. The summed E-state index contributed by atoms with van der Waals surface area (Å²) >= 11 is 0. The molecular weight excluding hydrogens is 272 g/mol. The van der Waals surface area contributed by atoms with Crippen molar-refractivity contribution in [2.45, 2.75) is 44.6 Å². The summed E-state index contributed by atoms with van der Waals surface area (Å²) in [6, 6.07) is 10.9. The Morgan fingerprint density at radius 2 is 1.77 bits per heavy atom. The lowest BCUT2D eigenvalue weighted by Crippen LogP contribution is -2.47. The van der Waals surface area contributed by atoms with E-state index in [1.165, 1.54) is 38.6 Å². The second-order valence-corrected chi connectivity index (χ2v) is 6.92. The molecule has 0 unspecified atom stereocenters. The highest BCUT2D eigenvalue weighted by Crippen LogP contribution is 2.29. The van der Waals surface area contributed by atoms with Gasteiger partial charge in [0.15, 0.2) is 0 Å². The zero-order valence-electron chi connectivity index (χ0n) is 13.7. The van der Waals surface area contributed by atoms with Gasteiger partial charge in [-0.2, -0.15) is 0 Å². The fraction of sp³-hybridized carbons (Fsp3) is 0.632. The highest BCUT2D eigenvalue weighted by Gasteiger charge is 2.31. The quantitative estimate of drug-likeness (QED) is 0.857. The third-order valence-electron chi connectivity index (χ3n) is 5.46. The van der Waals surface area contributed by atoms with Crippen LogP contribution in [0.5, 0.6) is 0 Å². The molecule has 1 atom stereocenters. The van der Waals surface area contributed by atoms with E-state index in [1.807, 2.05) is 30.3 Å². The van der Waals surface area contributed by atoms with E-state index in [9.17, 15) is 4.79 Å². The van der Waals surface area contributed by atoms with Gasteiger partial charge in [-0.05, 0) is 50.8 Å². The second-order valence-electron chi connectivity index (χ2n) is 6.92. The molecule has 0 radical (unpaired) electrons. The van der Waals surface area contributed by atoms with E-state index in [0.717, 1.165) is 30.6 Å². The number of hydrogen-bond donors (Lipinski definition) is 0. The van der Waals surface area contributed by atoms with Crippen LogP contribution < -0.4 is 0 Å². The highest BCUT2D eigenvalue weighted by atomic mass is 16.2. The van der Waals surface area contributed by atoms with E-state index in [0.29, 0.717) is 12.3 Å². The van der Waals surface area contributed by atoms with Crippen molar-refractivity contribution in [3.05, 3.63) is 35.9 Å². The maximum Gasteiger partial charge on any atom is 0.226 e. The number of piperidine rings is 2. The number of benzene rings is 1. The van der Waals surface area contributed by atoms with Gasteiger partial charge in [0.25, 0.3) is 0 Å². The van der Waals surface area contributed by atoms with Crippen LogP contribution in [-0.2, 0) is 11.2 Å². The molecule has 0 aliphatic carbocycles. The maximum atomic E-state index is 12.4. The van der Waals surface area contributed by atoms with Gasteiger partial charge in [-0.15, -0.1) is 0 Å². The molecule has 2 saturated heterocycles. The van der Waals surface area contributed by atoms with Crippen molar-refractivity contribution in [1.29, 1.82) is 0 Å². The van der Waals surface area contributed by atoms with E-state index in [1.54, 1.807) is 0 Å². The molecule has 1 amide bonds. The number of amides is 1. The lowest BCUT2D eigenvalue weighted by atomic mass is 9.84. The number of likely N-dealkylation sites (tertiary alicyclic amines) is 2. The minimum atomic E-state index is 0.293. The van der Waals surface area contributed by atoms with Gasteiger partial charge in [0.05, 0.1) is 6.42 Å². The molecule has 2 aliphatic heterocycles.